The number of unbranched alkanes of at least 4 members (excludes halogenated alkanes) is 29. The third kappa shape index (κ3) is 44.0. The molecule has 1 amide bonds. The van der Waals surface area contributed by atoms with Gasteiger partial charge >= 0.3 is 0 Å². The first kappa shape index (κ1) is 70.4. The molecule has 0 aliphatic carbocycles. The van der Waals surface area contributed by atoms with E-state index in [0.717, 1.165) is 89.9 Å². The van der Waals surface area contributed by atoms with Crippen molar-refractivity contribution < 1.29 is 39.8 Å². The Morgan fingerprint density at radius 2 is 0.827 bits per heavy atom. The number of carbonyl (C=O) groups excluding carboxylic acids is 1. The first-order valence-corrected chi connectivity index (χ1v) is 31.3. The Morgan fingerprint density at radius 3 is 1.21 bits per heavy atom. The molecule has 1 saturated heterocycles. The van der Waals surface area contributed by atoms with Gasteiger partial charge in [0.15, 0.2) is 6.29 Å². The number of carbonyl (C=O) groups is 1. The van der Waals surface area contributed by atoms with E-state index in [2.05, 4.69) is 104 Å². The lowest BCUT2D eigenvalue weighted by Crippen LogP contribution is -2.60. The van der Waals surface area contributed by atoms with Crippen molar-refractivity contribution >= 4 is 5.91 Å². The van der Waals surface area contributed by atoms with Crippen LogP contribution in [0.15, 0.2) is 85.1 Å². The van der Waals surface area contributed by atoms with Crippen LogP contribution in [0.2, 0.25) is 0 Å². The minimum absolute atomic E-state index is 0.156. The Hall–Kier alpha value is -2.63. The fourth-order valence-electron chi connectivity index (χ4n) is 9.61. The molecule has 1 aliphatic rings. The average molecular weight is 1050 g/mol. The number of aliphatic hydroxyl groups is 5. The Kier molecular flexibility index (Phi) is 51.3. The molecule has 7 atom stereocenters. The molecule has 0 spiro atoms. The third-order valence-corrected chi connectivity index (χ3v) is 14.5. The van der Waals surface area contributed by atoms with Crippen LogP contribution >= 0.6 is 0 Å². The summed E-state index contributed by atoms with van der Waals surface area (Å²) >= 11 is 0. The maximum atomic E-state index is 13.1. The van der Waals surface area contributed by atoms with Crippen LogP contribution in [-0.2, 0) is 14.3 Å². The quantitative estimate of drug-likeness (QED) is 0.0261. The summed E-state index contributed by atoms with van der Waals surface area (Å²) in [6, 6.07) is -0.745. The van der Waals surface area contributed by atoms with Crippen LogP contribution in [0, 0.1) is 0 Å². The number of nitrogens with one attached hydrogen (secondary N) is 1. The second-order valence-corrected chi connectivity index (χ2v) is 21.5. The zero-order valence-corrected chi connectivity index (χ0v) is 48.3. The van der Waals surface area contributed by atoms with E-state index in [-0.39, 0.29) is 12.5 Å². The van der Waals surface area contributed by atoms with Crippen LogP contribution < -0.4 is 5.32 Å². The largest absolute Gasteiger partial charge is 0.394 e. The summed E-state index contributed by atoms with van der Waals surface area (Å²) in [6.07, 6.45) is 70.5. The van der Waals surface area contributed by atoms with E-state index in [1.165, 1.54) is 154 Å². The number of allylic oxidation sites excluding steroid dienone is 14. The SMILES string of the molecule is CC/C=C\C/C=C\C/C=C\C/C=C\C/C=C\C/C=C\C/C=C\CCCCCC(=O)NC(COC1OC(CO)C(O)C(O)C1O)C(O)CCCCCCCCCCCCCCCCCCCCCCCCCCCCC. The van der Waals surface area contributed by atoms with Crippen LogP contribution in [0.25, 0.3) is 0 Å². The monoisotopic (exact) mass is 1050 g/mol. The van der Waals surface area contributed by atoms with Crippen molar-refractivity contribution in [1.29, 1.82) is 0 Å². The minimum Gasteiger partial charge on any atom is -0.394 e. The smallest absolute Gasteiger partial charge is 0.220 e. The highest BCUT2D eigenvalue weighted by Crippen LogP contribution is 2.23. The van der Waals surface area contributed by atoms with E-state index >= 15 is 0 Å². The van der Waals surface area contributed by atoms with Gasteiger partial charge in [0.1, 0.15) is 24.4 Å². The topological polar surface area (TPSA) is 149 Å². The molecule has 434 valence electrons. The fourth-order valence-corrected chi connectivity index (χ4v) is 9.61. The van der Waals surface area contributed by atoms with Crippen molar-refractivity contribution in [2.75, 3.05) is 13.2 Å². The highest BCUT2D eigenvalue weighted by Gasteiger charge is 2.44. The molecule has 1 heterocycles. The Morgan fingerprint density at radius 1 is 0.467 bits per heavy atom. The minimum atomic E-state index is -1.57. The van der Waals surface area contributed by atoms with E-state index in [9.17, 15) is 30.3 Å². The standard InChI is InChI=1S/C66H117NO8/c1-3-5-7-9-11-13-15-17-19-21-23-25-27-29-30-32-33-35-37-39-41-43-45-47-49-51-53-55-60(69)59(58-74-66-65(73)64(72)63(71)61(57-68)75-66)67-62(70)56-54-52-50-48-46-44-42-40-38-36-34-31-28-26-24-22-20-18-16-14-12-10-8-6-4-2/h6,8,12,14,18,20,24,26,31,34,38,40,44,46,59-61,63-66,68-69,71-73H,3-5,7,9-11,13,15-17,19,21-23,25,27-30,32-33,35-37,39,41-43,45,47-58H2,1-2H3,(H,67,70)/b8-6-,14-12-,20-18-,26-24-,34-31-,40-38-,46-44-. The van der Waals surface area contributed by atoms with Crippen LogP contribution in [0.3, 0.4) is 0 Å². The van der Waals surface area contributed by atoms with Crippen LogP contribution in [0.5, 0.6) is 0 Å². The molecular formula is C66H117NO8. The van der Waals surface area contributed by atoms with E-state index < -0.39 is 49.5 Å². The molecule has 0 aromatic heterocycles. The maximum absolute atomic E-state index is 13.1. The van der Waals surface area contributed by atoms with Gasteiger partial charge in [-0.15, -0.1) is 0 Å². The van der Waals surface area contributed by atoms with Crippen molar-refractivity contribution in [1.82, 2.24) is 5.32 Å². The highest BCUT2D eigenvalue weighted by atomic mass is 16.7. The summed E-state index contributed by atoms with van der Waals surface area (Å²) in [5, 5.41) is 54.8. The summed E-state index contributed by atoms with van der Waals surface area (Å²) in [5.74, 6) is -0.176. The van der Waals surface area contributed by atoms with Gasteiger partial charge in [-0.3, -0.25) is 4.79 Å². The number of aliphatic hydroxyl groups excluding tert-OH is 5. The average Bonchev–Trinajstić information content (AvgIpc) is 3.41. The second-order valence-electron chi connectivity index (χ2n) is 21.5. The van der Waals surface area contributed by atoms with Crippen molar-refractivity contribution in [3.8, 4) is 0 Å². The van der Waals surface area contributed by atoms with Crippen molar-refractivity contribution in [3.63, 3.8) is 0 Å². The lowest BCUT2D eigenvalue weighted by Gasteiger charge is -2.40. The number of ether oxygens (including phenoxy) is 2. The number of rotatable bonds is 53. The zero-order chi connectivity index (χ0) is 54.3. The molecule has 75 heavy (non-hydrogen) atoms. The summed E-state index contributed by atoms with van der Waals surface area (Å²) in [5.41, 5.74) is 0. The van der Waals surface area contributed by atoms with Gasteiger partial charge in [0.2, 0.25) is 5.91 Å². The van der Waals surface area contributed by atoms with Crippen LogP contribution in [0.1, 0.15) is 271 Å². The molecule has 0 radical (unpaired) electrons. The third-order valence-electron chi connectivity index (χ3n) is 14.5. The molecule has 0 aromatic carbocycles. The van der Waals surface area contributed by atoms with Gasteiger partial charge in [0.05, 0.1) is 25.4 Å². The lowest BCUT2D eigenvalue weighted by atomic mass is 9.99. The summed E-state index contributed by atoms with van der Waals surface area (Å²) < 4.78 is 11.3. The first-order valence-electron chi connectivity index (χ1n) is 31.3. The molecule has 1 aliphatic heterocycles. The van der Waals surface area contributed by atoms with Gasteiger partial charge in [-0.05, 0) is 70.6 Å². The summed E-state index contributed by atoms with van der Waals surface area (Å²) in [4.78, 5) is 13.1. The van der Waals surface area contributed by atoms with E-state index in [4.69, 9.17) is 9.47 Å². The Bertz CT molecular complexity index is 1450. The molecule has 6 N–H and O–H groups in total. The number of amides is 1. The first-order chi connectivity index (χ1) is 36.8. The van der Waals surface area contributed by atoms with E-state index in [1.54, 1.807) is 0 Å². The normalized spacial score (nSPS) is 19.5. The molecule has 0 aromatic rings. The van der Waals surface area contributed by atoms with Gasteiger partial charge < -0.3 is 40.3 Å². The van der Waals surface area contributed by atoms with Crippen molar-refractivity contribution in [3.05, 3.63) is 85.1 Å². The van der Waals surface area contributed by atoms with Gasteiger partial charge in [-0.25, -0.2) is 0 Å². The van der Waals surface area contributed by atoms with Crippen LogP contribution in [-0.4, -0.2) is 87.5 Å². The zero-order valence-electron chi connectivity index (χ0n) is 48.3. The molecule has 0 saturated carbocycles. The molecule has 7 unspecified atom stereocenters. The van der Waals surface area contributed by atoms with Crippen molar-refractivity contribution in [2.24, 2.45) is 0 Å². The van der Waals surface area contributed by atoms with Gasteiger partial charge in [0, 0.05) is 6.42 Å². The second kappa shape index (κ2) is 54.7. The molecule has 1 fully saturated rings. The Labute approximate surface area is 461 Å². The Balaban J connectivity index is 2.21. The summed E-state index contributed by atoms with van der Waals surface area (Å²) in [6.45, 7) is 3.73. The van der Waals surface area contributed by atoms with Gasteiger partial charge in [-0.1, -0.05) is 279 Å². The molecule has 9 nitrogen and oxygen atoms in total. The van der Waals surface area contributed by atoms with E-state index in [1.807, 2.05) is 0 Å². The maximum Gasteiger partial charge on any atom is 0.220 e. The molecule has 0 bridgehead atoms. The molecule has 1 rings (SSSR count). The number of hydrogen-bond acceptors (Lipinski definition) is 8. The molecular weight excluding hydrogens is 935 g/mol. The lowest BCUT2D eigenvalue weighted by molar-refractivity contribution is -0.302. The van der Waals surface area contributed by atoms with Gasteiger partial charge in [-0.2, -0.15) is 0 Å². The van der Waals surface area contributed by atoms with Gasteiger partial charge in [0.25, 0.3) is 0 Å². The number of hydrogen-bond donors (Lipinski definition) is 6. The van der Waals surface area contributed by atoms with E-state index in [0.29, 0.717) is 12.8 Å². The molecule has 9 heteroatoms. The predicted octanol–water partition coefficient (Wildman–Crippen LogP) is 16.2. The van der Waals surface area contributed by atoms with Crippen molar-refractivity contribution in [2.45, 2.75) is 314 Å². The summed E-state index contributed by atoms with van der Waals surface area (Å²) in [7, 11) is 0. The highest BCUT2D eigenvalue weighted by molar-refractivity contribution is 5.76. The predicted molar refractivity (Wildman–Crippen MR) is 318 cm³/mol. The fraction of sp³-hybridized carbons (Fsp3) is 0.773. The van der Waals surface area contributed by atoms with Crippen LogP contribution in [0.4, 0.5) is 0 Å².